The van der Waals surface area contributed by atoms with E-state index in [1.165, 1.54) is 0 Å². The maximum atomic E-state index is 9.92. The summed E-state index contributed by atoms with van der Waals surface area (Å²) in [7, 11) is 0. The number of aliphatic hydroxyl groups excluding tert-OH is 1. The summed E-state index contributed by atoms with van der Waals surface area (Å²) in [5.74, 6) is 0.673. The standard InChI is InChI=1S/C13H17NO3/c1-8(2)14-7-11(16)13-5-9-3-4-10(15)6-12(9)17-13/h3-6,8,11,14-16H,7H2,1-2H3/t11-/m0/s1. The van der Waals surface area contributed by atoms with Crippen molar-refractivity contribution in [1.29, 1.82) is 0 Å². The first kappa shape index (κ1) is 12.0. The monoisotopic (exact) mass is 235 g/mol. The Kier molecular flexibility index (Phi) is 3.36. The Morgan fingerprint density at radius 2 is 2.06 bits per heavy atom. The van der Waals surface area contributed by atoms with Gasteiger partial charge >= 0.3 is 0 Å². The van der Waals surface area contributed by atoms with E-state index in [1.807, 2.05) is 13.8 Å². The van der Waals surface area contributed by atoms with E-state index in [9.17, 15) is 10.2 Å². The van der Waals surface area contributed by atoms with Gasteiger partial charge in [0.15, 0.2) is 0 Å². The van der Waals surface area contributed by atoms with Crippen molar-refractivity contribution in [3.8, 4) is 5.75 Å². The minimum atomic E-state index is -0.674. The lowest BCUT2D eigenvalue weighted by atomic mass is 10.2. The fourth-order valence-corrected chi connectivity index (χ4v) is 1.65. The number of benzene rings is 1. The van der Waals surface area contributed by atoms with Gasteiger partial charge in [-0.1, -0.05) is 13.8 Å². The van der Waals surface area contributed by atoms with Crippen LogP contribution in [0.5, 0.6) is 5.75 Å². The van der Waals surface area contributed by atoms with Gasteiger partial charge in [-0.2, -0.15) is 0 Å². The molecule has 0 fully saturated rings. The van der Waals surface area contributed by atoms with E-state index in [2.05, 4.69) is 5.32 Å². The van der Waals surface area contributed by atoms with E-state index >= 15 is 0 Å². The molecule has 1 heterocycles. The van der Waals surface area contributed by atoms with Gasteiger partial charge < -0.3 is 19.9 Å². The van der Waals surface area contributed by atoms with E-state index < -0.39 is 6.10 Å². The fourth-order valence-electron chi connectivity index (χ4n) is 1.65. The van der Waals surface area contributed by atoms with Crippen LogP contribution in [0.25, 0.3) is 11.0 Å². The molecule has 3 N–H and O–H groups in total. The predicted molar refractivity (Wildman–Crippen MR) is 66.0 cm³/mol. The summed E-state index contributed by atoms with van der Waals surface area (Å²) in [6.07, 6.45) is -0.674. The highest BCUT2D eigenvalue weighted by molar-refractivity contribution is 5.79. The van der Waals surface area contributed by atoms with Gasteiger partial charge in [0.05, 0.1) is 0 Å². The molecule has 4 nitrogen and oxygen atoms in total. The van der Waals surface area contributed by atoms with Gasteiger partial charge in [0.25, 0.3) is 0 Å². The highest BCUT2D eigenvalue weighted by atomic mass is 16.4. The van der Waals surface area contributed by atoms with E-state index in [1.54, 1.807) is 24.3 Å². The molecule has 0 radical (unpaired) electrons. The summed E-state index contributed by atoms with van der Waals surface area (Å²) in [6, 6.07) is 7.02. The molecule has 0 saturated heterocycles. The van der Waals surface area contributed by atoms with Crippen LogP contribution >= 0.6 is 0 Å². The molecule has 2 aromatic rings. The minimum Gasteiger partial charge on any atom is -0.508 e. The molecule has 0 aliphatic carbocycles. The summed E-state index contributed by atoms with van der Waals surface area (Å²) in [4.78, 5) is 0. The van der Waals surface area contributed by atoms with Crippen molar-refractivity contribution in [3.05, 3.63) is 30.0 Å². The molecule has 4 heteroatoms. The van der Waals surface area contributed by atoms with Crippen molar-refractivity contribution in [3.63, 3.8) is 0 Å². The number of hydrogen-bond acceptors (Lipinski definition) is 4. The van der Waals surface area contributed by atoms with Crippen LogP contribution in [-0.4, -0.2) is 22.8 Å². The second-order valence-electron chi connectivity index (χ2n) is 4.45. The van der Waals surface area contributed by atoms with Crippen molar-refractivity contribution >= 4 is 11.0 Å². The Hall–Kier alpha value is -1.52. The Bertz CT molecular complexity index is 504. The number of nitrogens with one attached hydrogen (secondary N) is 1. The first-order valence-electron chi connectivity index (χ1n) is 5.70. The number of aliphatic hydroxyl groups is 1. The third-order valence-electron chi connectivity index (χ3n) is 2.57. The maximum Gasteiger partial charge on any atom is 0.138 e. The molecule has 1 aromatic heterocycles. The van der Waals surface area contributed by atoms with Crippen LogP contribution in [0.3, 0.4) is 0 Å². The first-order valence-corrected chi connectivity index (χ1v) is 5.70. The lowest BCUT2D eigenvalue weighted by Crippen LogP contribution is -2.27. The highest BCUT2D eigenvalue weighted by Gasteiger charge is 2.13. The van der Waals surface area contributed by atoms with Gasteiger partial charge in [0.1, 0.15) is 23.2 Å². The molecule has 0 amide bonds. The minimum absolute atomic E-state index is 0.160. The van der Waals surface area contributed by atoms with Crippen LogP contribution in [0.4, 0.5) is 0 Å². The van der Waals surface area contributed by atoms with Crippen LogP contribution in [0, 0.1) is 0 Å². The van der Waals surface area contributed by atoms with Crippen molar-refractivity contribution in [2.75, 3.05) is 6.54 Å². The topological polar surface area (TPSA) is 65.6 Å². The fraction of sp³-hybridized carbons (Fsp3) is 0.385. The lowest BCUT2D eigenvalue weighted by molar-refractivity contribution is 0.147. The normalized spacial score (nSPS) is 13.4. The Labute approximate surface area is 99.9 Å². The Balaban J connectivity index is 2.18. The summed E-state index contributed by atoms with van der Waals surface area (Å²) in [5.41, 5.74) is 0.587. The zero-order valence-corrected chi connectivity index (χ0v) is 9.97. The predicted octanol–water partition coefficient (Wildman–Crippen LogP) is 2.17. The van der Waals surface area contributed by atoms with Crippen molar-refractivity contribution in [2.24, 2.45) is 0 Å². The number of phenolic OH excluding ortho intramolecular Hbond substituents is 1. The van der Waals surface area contributed by atoms with Gasteiger partial charge in [-0.15, -0.1) is 0 Å². The number of fused-ring (bicyclic) bond motifs is 1. The van der Waals surface area contributed by atoms with Gasteiger partial charge in [0.2, 0.25) is 0 Å². The molecule has 17 heavy (non-hydrogen) atoms. The molecular formula is C13H17NO3. The van der Waals surface area contributed by atoms with Gasteiger partial charge in [-0.3, -0.25) is 0 Å². The van der Waals surface area contributed by atoms with Crippen LogP contribution in [0.1, 0.15) is 25.7 Å². The second kappa shape index (κ2) is 4.77. The van der Waals surface area contributed by atoms with Gasteiger partial charge in [-0.25, -0.2) is 0 Å². The first-order chi connectivity index (χ1) is 8.06. The third-order valence-corrected chi connectivity index (χ3v) is 2.57. The number of phenols is 1. The summed E-state index contributed by atoms with van der Waals surface area (Å²) in [6.45, 7) is 4.48. The number of aromatic hydroxyl groups is 1. The molecule has 1 atom stereocenters. The average Bonchev–Trinajstić information content (AvgIpc) is 2.68. The Morgan fingerprint density at radius 1 is 1.29 bits per heavy atom. The van der Waals surface area contributed by atoms with Crippen molar-refractivity contribution in [1.82, 2.24) is 5.32 Å². The van der Waals surface area contributed by atoms with Crippen LogP contribution in [0.15, 0.2) is 28.7 Å². The second-order valence-corrected chi connectivity index (χ2v) is 4.45. The lowest BCUT2D eigenvalue weighted by Gasteiger charge is -2.11. The number of hydrogen-bond donors (Lipinski definition) is 3. The third kappa shape index (κ3) is 2.78. The van der Waals surface area contributed by atoms with E-state index in [4.69, 9.17) is 4.42 Å². The summed E-state index contributed by atoms with van der Waals surface area (Å²) in [5, 5.41) is 23.3. The van der Waals surface area contributed by atoms with Crippen molar-refractivity contribution < 1.29 is 14.6 Å². The molecule has 0 aliphatic heterocycles. The maximum absolute atomic E-state index is 9.92. The molecule has 0 saturated carbocycles. The van der Waals surface area contributed by atoms with Crippen molar-refractivity contribution in [2.45, 2.75) is 26.0 Å². The van der Waals surface area contributed by atoms with Gasteiger partial charge in [-0.05, 0) is 18.2 Å². The highest BCUT2D eigenvalue weighted by Crippen LogP contribution is 2.26. The van der Waals surface area contributed by atoms with Crippen LogP contribution < -0.4 is 5.32 Å². The number of rotatable bonds is 4. The van der Waals surface area contributed by atoms with E-state index in [-0.39, 0.29) is 5.75 Å². The largest absolute Gasteiger partial charge is 0.508 e. The SMILES string of the molecule is CC(C)NC[C@H](O)c1cc2ccc(O)cc2o1. The number of furan rings is 1. The zero-order chi connectivity index (χ0) is 12.4. The zero-order valence-electron chi connectivity index (χ0n) is 9.97. The van der Waals surface area contributed by atoms with E-state index in [0.29, 0.717) is 23.9 Å². The quantitative estimate of drug-likeness (QED) is 0.760. The molecule has 0 bridgehead atoms. The Morgan fingerprint density at radius 3 is 2.76 bits per heavy atom. The molecule has 2 rings (SSSR count). The molecule has 1 aromatic carbocycles. The van der Waals surface area contributed by atoms with E-state index in [0.717, 1.165) is 5.39 Å². The molecule has 0 spiro atoms. The molecule has 0 unspecified atom stereocenters. The smallest absolute Gasteiger partial charge is 0.138 e. The van der Waals surface area contributed by atoms with Gasteiger partial charge in [0, 0.05) is 24.0 Å². The molecule has 92 valence electrons. The molecule has 0 aliphatic rings. The summed E-state index contributed by atoms with van der Waals surface area (Å²) < 4.78 is 5.49. The average molecular weight is 235 g/mol. The summed E-state index contributed by atoms with van der Waals surface area (Å²) >= 11 is 0. The van der Waals surface area contributed by atoms with Crippen LogP contribution in [-0.2, 0) is 0 Å². The molecular weight excluding hydrogens is 218 g/mol. The van der Waals surface area contributed by atoms with Crippen LogP contribution in [0.2, 0.25) is 0 Å².